The van der Waals surface area contributed by atoms with Crippen molar-refractivity contribution in [1.29, 1.82) is 0 Å². The van der Waals surface area contributed by atoms with E-state index in [2.05, 4.69) is 10.2 Å². The highest BCUT2D eigenvalue weighted by Crippen LogP contribution is 2.57. The second kappa shape index (κ2) is 5.59. The molecule has 1 spiro atoms. The van der Waals surface area contributed by atoms with Crippen LogP contribution in [0, 0.1) is 12.3 Å². The number of carbonyl (C=O) groups excluding carboxylic acids is 1. The summed E-state index contributed by atoms with van der Waals surface area (Å²) in [5, 5.41) is 8.83. The summed E-state index contributed by atoms with van der Waals surface area (Å²) in [4.78, 5) is 15.8. The molecule has 3 rings (SSSR count). The van der Waals surface area contributed by atoms with Gasteiger partial charge in [0.1, 0.15) is 11.6 Å². The summed E-state index contributed by atoms with van der Waals surface area (Å²) in [5.74, 6) is 0.0612. The minimum absolute atomic E-state index is 0.0151. The third kappa shape index (κ3) is 2.68. The average molecular weight is 311 g/mol. The van der Waals surface area contributed by atoms with E-state index < -0.39 is 0 Å². The number of nitrogens with zero attached hydrogens (tertiary/aromatic N) is 4. The van der Waals surface area contributed by atoms with Gasteiger partial charge in [-0.05, 0) is 44.9 Å². The topological polar surface area (TPSA) is 51.0 Å². The number of hydrogen-bond donors (Lipinski definition) is 0. The van der Waals surface area contributed by atoms with Crippen molar-refractivity contribution in [1.82, 2.24) is 19.9 Å². The van der Waals surface area contributed by atoms with Crippen LogP contribution in [0.4, 0.5) is 0 Å². The Bertz CT molecular complexity index is 530. The standard InChI is InChI=1S/C15H23ClN4O/c1-3-20-17-11(2)13(18-20)10-19(14(21)9-16)12-7-15(8-12)5-4-6-15/h12H,3-10H2,1-2H3. The lowest BCUT2D eigenvalue weighted by Crippen LogP contribution is -2.55. The SMILES string of the molecule is CCn1nc(C)c(CN(C(=O)CCl)C2CC3(CCC3)C2)n1. The van der Waals surface area contributed by atoms with E-state index in [1.54, 1.807) is 4.80 Å². The van der Waals surface area contributed by atoms with Crippen LogP contribution in [0.2, 0.25) is 0 Å². The maximum atomic E-state index is 12.2. The summed E-state index contributed by atoms with van der Waals surface area (Å²) in [6.07, 6.45) is 6.28. The maximum Gasteiger partial charge on any atom is 0.238 e. The predicted octanol–water partition coefficient (Wildman–Crippen LogP) is 2.51. The molecule has 0 radical (unpaired) electrons. The molecule has 0 aromatic carbocycles. The molecule has 0 bridgehead atoms. The molecule has 2 saturated carbocycles. The van der Waals surface area contributed by atoms with Crippen molar-refractivity contribution >= 4 is 17.5 Å². The minimum Gasteiger partial charge on any atom is -0.333 e. The van der Waals surface area contributed by atoms with Crippen LogP contribution in [0.5, 0.6) is 0 Å². The van der Waals surface area contributed by atoms with E-state index in [9.17, 15) is 4.79 Å². The maximum absolute atomic E-state index is 12.2. The summed E-state index contributed by atoms with van der Waals surface area (Å²) in [6, 6.07) is 0.336. The summed E-state index contributed by atoms with van der Waals surface area (Å²) in [7, 11) is 0. The molecule has 2 aliphatic rings. The number of amides is 1. The van der Waals surface area contributed by atoms with Gasteiger partial charge in [0.05, 0.1) is 18.8 Å². The van der Waals surface area contributed by atoms with E-state index in [0.717, 1.165) is 30.8 Å². The van der Waals surface area contributed by atoms with E-state index in [4.69, 9.17) is 11.6 Å². The molecule has 116 valence electrons. The Morgan fingerprint density at radius 3 is 2.62 bits per heavy atom. The quantitative estimate of drug-likeness (QED) is 0.785. The molecule has 1 amide bonds. The molecule has 0 saturated heterocycles. The average Bonchev–Trinajstić information content (AvgIpc) is 2.74. The van der Waals surface area contributed by atoms with Gasteiger partial charge in [0.15, 0.2) is 0 Å². The molecule has 1 heterocycles. The molecule has 2 fully saturated rings. The molecule has 6 heteroatoms. The van der Waals surface area contributed by atoms with Crippen LogP contribution in [-0.4, -0.2) is 37.7 Å². The van der Waals surface area contributed by atoms with Gasteiger partial charge in [-0.2, -0.15) is 15.0 Å². The van der Waals surface area contributed by atoms with Crippen LogP contribution in [0.3, 0.4) is 0 Å². The van der Waals surface area contributed by atoms with Crippen molar-refractivity contribution < 1.29 is 4.79 Å². The van der Waals surface area contributed by atoms with Crippen molar-refractivity contribution in [2.75, 3.05) is 5.88 Å². The lowest BCUT2D eigenvalue weighted by molar-refractivity contribution is -0.140. The molecule has 1 aromatic heterocycles. The first-order valence-corrected chi connectivity index (χ1v) is 8.36. The van der Waals surface area contributed by atoms with Gasteiger partial charge >= 0.3 is 0 Å². The van der Waals surface area contributed by atoms with Gasteiger partial charge in [-0.15, -0.1) is 11.6 Å². The minimum atomic E-state index is 0.0151. The van der Waals surface area contributed by atoms with Crippen molar-refractivity contribution in [2.24, 2.45) is 5.41 Å². The summed E-state index contributed by atoms with van der Waals surface area (Å²) in [6.45, 7) is 5.25. The van der Waals surface area contributed by atoms with Crippen molar-refractivity contribution in [3.8, 4) is 0 Å². The monoisotopic (exact) mass is 310 g/mol. The Morgan fingerprint density at radius 2 is 2.14 bits per heavy atom. The first-order valence-electron chi connectivity index (χ1n) is 7.83. The second-order valence-electron chi connectivity index (χ2n) is 6.49. The van der Waals surface area contributed by atoms with Crippen LogP contribution in [0.1, 0.15) is 50.4 Å². The van der Waals surface area contributed by atoms with Crippen molar-refractivity contribution in [3.05, 3.63) is 11.4 Å². The third-order valence-electron chi connectivity index (χ3n) is 5.15. The van der Waals surface area contributed by atoms with Crippen LogP contribution >= 0.6 is 11.6 Å². The molecule has 0 unspecified atom stereocenters. The van der Waals surface area contributed by atoms with Crippen LogP contribution in [0.25, 0.3) is 0 Å². The highest BCUT2D eigenvalue weighted by Gasteiger charge is 2.50. The molecule has 21 heavy (non-hydrogen) atoms. The van der Waals surface area contributed by atoms with E-state index in [0.29, 0.717) is 18.0 Å². The number of hydrogen-bond acceptors (Lipinski definition) is 3. The van der Waals surface area contributed by atoms with Gasteiger partial charge < -0.3 is 4.90 Å². The smallest absolute Gasteiger partial charge is 0.238 e. The molecule has 0 atom stereocenters. The van der Waals surface area contributed by atoms with Crippen molar-refractivity contribution in [3.63, 3.8) is 0 Å². The van der Waals surface area contributed by atoms with E-state index >= 15 is 0 Å². The summed E-state index contributed by atoms with van der Waals surface area (Å²) in [5.41, 5.74) is 2.35. The highest BCUT2D eigenvalue weighted by molar-refractivity contribution is 6.27. The van der Waals surface area contributed by atoms with E-state index in [-0.39, 0.29) is 11.8 Å². The summed E-state index contributed by atoms with van der Waals surface area (Å²) < 4.78 is 0. The van der Waals surface area contributed by atoms with E-state index in [1.807, 2.05) is 18.7 Å². The van der Waals surface area contributed by atoms with E-state index in [1.165, 1.54) is 19.3 Å². The van der Waals surface area contributed by atoms with Crippen LogP contribution in [0.15, 0.2) is 0 Å². The van der Waals surface area contributed by atoms with Crippen molar-refractivity contribution in [2.45, 2.75) is 65.1 Å². The number of alkyl halides is 1. The number of carbonyl (C=O) groups is 1. The fraction of sp³-hybridized carbons (Fsp3) is 0.800. The molecule has 0 N–H and O–H groups in total. The third-order valence-corrected chi connectivity index (χ3v) is 5.38. The van der Waals surface area contributed by atoms with Crippen LogP contribution < -0.4 is 0 Å². The highest BCUT2D eigenvalue weighted by atomic mass is 35.5. The fourth-order valence-electron chi connectivity index (χ4n) is 3.66. The Kier molecular flexibility index (Phi) is 3.95. The molecular formula is C15H23ClN4O. The van der Waals surface area contributed by atoms with Gasteiger partial charge in [-0.3, -0.25) is 4.79 Å². The molecular weight excluding hydrogens is 288 g/mol. The van der Waals surface area contributed by atoms with Crippen LogP contribution in [-0.2, 0) is 17.9 Å². The first kappa shape index (κ1) is 14.8. The lowest BCUT2D eigenvalue weighted by Gasteiger charge is -2.57. The summed E-state index contributed by atoms with van der Waals surface area (Å²) >= 11 is 5.80. The Hall–Kier alpha value is -1.10. The largest absolute Gasteiger partial charge is 0.333 e. The molecule has 5 nitrogen and oxygen atoms in total. The van der Waals surface area contributed by atoms with Gasteiger partial charge in [-0.25, -0.2) is 0 Å². The molecule has 0 aliphatic heterocycles. The molecule has 1 aromatic rings. The van der Waals surface area contributed by atoms with Gasteiger partial charge in [0.2, 0.25) is 5.91 Å². The molecule has 2 aliphatic carbocycles. The Morgan fingerprint density at radius 1 is 1.43 bits per heavy atom. The number of aromatic nitrogens is 3. The zero-order valence-electron chi connectivity index (χ0n) is 12.8. The lowest BCUT2D eigenvalue weighted by atomic mass is 9.54. The Labute approximate surface area is 130 Å². The van der Waals surface area contributed by atoms with Gasteiger partial charge in [0.25, 0.3) is 0 Å². The van der Waals surface area contributed by atoms with Gasteiger partial charge in [0, 0.05) is 6.04 Å². The predicted molar refractivity (Wildman–Crippen MR) is 81.0 cm³/mol. The zero-order valence-corrected chi connectivity index (χ0v) is 13.6. The number of aryl methyl sites for hydroxylation is 2. The number of halogens is 1. The number of rotatable bonds is 5. The Balaban J connectivity index is 1.70. The first-order chi connectivity index (χ1) is 10.1. The normalized spacial score (nSPS) is 20.1. The van der Waals surface area contributed by atoms with Gasteiger partial charge in [-0.1, -0.05) is 6.42 Å². The second-order valence-corrected chi connectivity index (χ2v) is 6.76. The fourth-order valence-corrected chi connectivity index (χ4v) is 3.81. The zero-order chi connectivity index (χ0) is 15.0.